The van der Waals surface area contributed by atoms with E-state index in [1.54, 1.807) is 0 Å². The summed E-state index contributed by atoms with van der Waals surface area (Å²) in [7, 11) is 0. The van der Waals surface area contributed by atoms with Gasteiger partial charge in [-0.2, -0.15) is 0 Å². The standard InChI is InChI=1S/C13H19N3O2/c1-8-14-12(9-4-11(18)5-9)6-13(15-8)16-3-2-10(17)7-16/h6,9-11,17-18H,2-5,7H2,1H3/t9?,10-,11?/m1/s1. The van der Waals surface area contributed by atoms with Gasteiger partial charge in [0.05, 0.1) is 12.2 Å². The zero-order chi connectivity index (χ0) is 12.7. The van der Waals surface area contributed by atoms with Crippen LogP contribution in [0.15, 0.2) is 6.07 Å². The molecule has 5 heteroatoms. The van der Waals surface area contributed by atoms with Crippen LogP contribution in [0.3, 0.4) is 0 Å². The lowest BCUT2D eigenvalue weighted by Gasteiger charge is -2.31. The van der Waals surface area contributed by atoms with Crippen LogP contribution < -0.4 is 4.90 Å². The molecule has 1 aromatic heterocycles. The Bertz CT molecular complexity index is 446. The number of hydrogen-bond donors (Lipinski definition) is 2. The Kier molecular flexibility index (Phi) is 2.95. The van der Waals surface area contributed by atoms with Crippen molar-refractivity contribution in [2.24, 2.45) is 0 Å². The van der Waals surface area contributed by atoms with Gasteiger partial charge in [-0.25, -0.2) is 9.97 Å². The molecule has 1 atom stereocenters. The maximum absolute atomic E-state index is 9.58. The van der Waals surface area contributed by atoms with Gasteiger partial charge in [0.15, 0.2) is 0 Å². The van der Waals surface area contributed by atoms with E-state index >= 15 is 0 Å². The molecule has 1 aromatic rings. The third kappa shape index (κ3) is 2.20. The maximum atomic E-state index is 9.58. The average Bonchev–Trinajstić information content (AvgIpc) is 2.71. The second kappa shape index (κ2) is 4.48. The molecular weight excluding hydrogens is 230 g/mol. The van der Waals surface area contributed by atoms with Crippen molar-refractivity contribution in [2.45, 2.75) is 44.3 Å². The molecule has 2 N–H and O–H groups in total. The van der Waals surface area contributed by atoms with Crippen LogP contribution in [-0.2, 0) is 0 Å². The van der Waals surface area contributed by atoms with E-state index in [1.165, 1.54) is 0 Å². The van der Waals surface area contributed by atoms with E-state index in [0.717, 1.165) is 43.1 Å². The summed E-state index contributed by atoms with van der Waals surface area (Å²) in [4.78, 5) is 11.0. The van der Waals surface area contributed by atoms with Crippen molar-refractivity contribution in [3.05, 3.63) is 17.6 Å². The van der Waals surface area contributed by atoms with Crippen molar-refractivity contribution in [2.75, 3.05) is 18.0 Å². The first-order valence-electron chi connectivity index (χ1n) is 6.58. The zero-order valence-electron chi connectivity index (χ0n) is 10.6. The van der Waals surface area contributed by atoms with Crippen LogP contribution in [0.1, 0.15) is 36.7 Å². The number of aliphatic hydroxyl groups excluding tert-OH is 2. The van der Waals surface area contributed by atoms with Crippen molar-refractivity contribution in [1.29, 1.82) is 0 Å². The van der Waals surface area contributed by atoms with Crippen LogP contribution >= 0.6 is 0 Å². The number of β-amino-alcohol motifs (C(OH)–C–C–N with tert-alkyl or cyclic N) is 1. The van der Waals surface area contributed by atoms with Gasteiger partial charge in [0, 0.05) is 30.8 Å². The Morgan fingerprint density at radius 2 is 2.00 bits per heavy atom. The van der Waals surface area contributed by atoms with Gasteiger partial charge in [-0.15, -0.1) is 0 Å². The zero-order valence-corrected chi connectivity index (χ0v) is 10.6. The van der Waals surface area contributed by atoms with Gasteiger partial charge < -0.3 is 15.1 Å². The molecule has 98 valence electrons. The lowest BCUT2D eigenvalue weighted by atomic mass is 9.80. The van der Waals surface area contributed by atoms with Gasteiger partial charge in [-0.3, -0.25) is 0 Å². The van der Waals surface area contributed by atoms with Crippen LogP contribution in [0.25, 0.3) is 0 Å². The number of aliphatic hydroxyl groups is 2. The molecule has 3 rings (SSSR count). The van der Waals surface area contributed by atoms with E-state index in [2.05, 4.69) is 14.9 Å². The smallest absolute Gasteiger partial charge is 0.132 e. The quantitative estimate of drug-likeness (QED) is 0.803. The van der Waals surface area contributed by atoms with Gasteiger partial charge in [0.25, 0.3) is 0 Å². The molecule has 5 nitrogen and oxygen atoms in total. The minimum absolute atomic E-state index is 0.165. The monoisotopic (exact) mass is 249 g/mol. The molecule has 0 radical (unpaired) electrons. The molecule has 0 aromatic carbocycles. The summed E-state index contributed by atoms with van der Waals surface area (Å²) < 4.78 is 0. The fourth-order valence-electron chi connectivity index (χ4n) is 2.72. The largest absolute Gasteiger partial charge is 0.393 e. The van der Waals surface area contributed by atoms with Crippen molar-refractivity contribution in [3.63, 3.8) is 0 Å². The minimum Gasteiger partial charge on any atom is -0.393 e. The Labute approximate surface area is 106 Å². The van der Waals surface area contributed by atoms with E-state index < -0.39 is 0 Å². The summed E-state index contributed by atoms with van der Waals surface area (Å²) in [5.74, 6) is 2.05. The van der Waals surface area contributed by atoms with Crippen LogP contribution in [-0.4, -0.2) is 45.5 Å². The number of aromatic nitrogens is 2. The van der Waals surface area contributed by atoms with Gasteiger partial charge in [-0.05, 0) is 26.2 Å². The molecular formula is C13H19N3O2. The molecule has 2 fully saturated rings. The first-order valence-corrected chi connectivity index (χ1v) is 6.58. The molecule has 0 unspecified atom stereocenters. The van der Waals surface area contributed by atoms with E-state index in [-0.39, 0.29) is 12.2 Å². The van der Waals surface area contributed by atoms with Gasteiger partial charge in [0.2, 0.25) is 0 Å². The second-order valence-electron chi connectivity index (χ2n) is 5.41. The molecule has 1 saturated carbocycles. The molecule has 2 aliphatic rings. The average molecular weight is 249 g/mol. The van der Waals surface area contributed by atoms with E-state index in [0.29, 0.717) is 12.5 Å². The summed E-state index contributed by atoms with van der Waals surface area (Å²) in [6.45, 7) is 3.40. The number of hydrogen-bond acceptors (Lipinski definition) is 5. The fourth-order valence-corrected chi connectivity index (χ4v) is 2.72. The van der Waals surface area contributed by atoms with Crippen molar-refractivity contribution < 1.29 is 10.2 Å². The molecule has 2 heterocycles. The predicted molar refractivity (Wildman–Crippen MR) is 67.6 cm³/mol. The molecule has 1 aliphatic carbocycles. The SMILES string of the molecule is Cc1nc(C2CC(O)C2)cc(N2CC[C@@H](O)C2)n1. The van der Waals surface area contributed by atoms with Crippen molar-refractivity contribution in [1.82, 2.24) is 9.97 Å². The molecule has 0 bridgehead atoms. The topological polar surface area (TPSA) is 69.5 Å². The summed E-state index contributed by atoms with van der Waals surface area (Å²) in [5, 5.41) is 19.0. The third-order valence-electron chi connectivity index (χ3n) is 3.86. The van der Waals surface area contributed by atoms with Crippen LogP contribution in [0.5, 0.6) is 0 Å². The Morgan fingerprint density at radius 1 is 1.22 bits per heavy atom. The number of nitrogens with zero attached hydrogens (tertiary/aromatic N) is 3. The summed E-state index contributed by atoms with van der Waals surface area (Å²) in [6.07, 6.45) is 2.01. The van der Waals surface area contributed by atoms with Crippen LogP contribution in [0.2, 0.25) is 0 Å². The molecule has 0 spiro atoms. The van der Waals surface area contributed by atoms with E-state index in [4.69, 9.17) is 0 Å². The van der Waals surface area contributed by atoms with Gasteiger partial charge >= 0.3 is 0 Å². The highest BCUT2D eigenvalue weighted by Gasteiger charge is 2.31. The third-order valence-corrected chi connectivity index (χ3v) is 3.86. The van der Waals surface area contributed by atoms with Crippen molar-refractivity contribution >= 4 is 5.82 Å². The lowest BCUT2D eigenvalue weighted by Crippen LogP contribution is -2.28. The Morgan fingerprint density at radius 3 is 2.61 bits per heavy atom. The summed E-state index contributed by atoms with van der Waals surface area (Å²) in [5.41, 5.74) is 1.03. The maximum Gasteiger partial charge on any atom is 0.132 e. The lowest BCUT2D eigenvalue weighted by molar-refractivity contribution is 0.0731. The first-order chi connectivity index (χ1) is 8.61. The van der Waals surface area contributed by atoms with Gasteiger partial charge in [0.1, 0.15) is 11.6 Å². The Balaban J connectivity index is 1.82. The fraction of sp³-hybridized carbons (Fsp3) is 0.692. The highest BCUT2D eigenvalue weighted by molar-refractivity contribution is 5.42. The first kappa shape index (κ1) is 11.9. The summed E-state index contributed by atoms with van der Waals surface area (Å²) >= 11 is 0. The highest BCUT2D eigenvalue weighted by Crippen LogP contribution is 2.36. The Hall–Kier alpha value is -1.20. The molecule has 1 aliphatic heterocycles. The van der Waals surface area contributed by atoms with Crippen LogP contribution in [0, 0.1) is 6.92 Å². The van der Waals surface area contributed by atoms with Gasteiger partial charge in [-0.1, -0.05) is 0 Å². The van der Waals surface area contributed by atoms with Crippen molar-refractivity contribution in [3.8, 4) is 0 Å². The number of rotatable bonds is 2. The number of aryl methyl sites for hydroxylation is 1. The normalized spacial score (nSPS) is 31.5. The molecule has 1 saturated heterocycles. The summed E-state index contributed by atoms with van der Waals surface area (Å²) in [6, 6.07) is 2.02. The number of anilines is 1. The van der Waals surface area contributed by atoms with Crippen LogP contribution in [0.4, 0.5) is 5.82 Å². The second-order valence-corrected chi connectivity index (χ2v) is 5.41. The molecule has 18 heavy (non-hydrogen) atoms. The highest BCUT2D eigenvalue weighted by atomic mass is 16.3. The minimum atomic E-state index is -0.241. The molecule has 0 amide bonds. The predicted octanol–water partition coefficient (Wildman–Crippen LogP) is 0.594. The van der Waals surface area contributed by atoms with E-state index in [9.17, 15) is 10.2 Å². The van der Waals surface area contributed by atoms with E-state index in [1.807, 2.05) is 13.0 Å².